The van der Waals surface area contributed by atoms with E-state index in [4.69, 9.17) is 4.74 Å². The molecular weight excluding hydrogens is 456 g/mol. The number of cyclic esters (lactones) is 1. The molecule has 7 heteroatoms. The molecule has 0 aromatic heterocycles. The van der Waals surface area contributed by atoms with Gasteiger partial charge in [0.2, 0.25) is 11.8 Å². The molecule has 0 saturated heterocycles. The smallest absolute Gasteiger partial charge is 0.309 e. The third-order valence-electron chi connectivity index (χ3n) is 8.18. The van der Waals surface area contributed by atoms with E-state index in [0.717, 1.165) is 56.9 Å². The van der Waals surface area contributed by atoms with E-state index in [1.165, 1.54) is 0 Å². The second kappa shape index (κ2) is 12.0. The van der Waals surface area contributed by atoms with Crippen molar-refractivity contribution in [3.8, 4) is 0 Å². The first-order chi connectivity index (χ1) is 17.4. The van der Waals surface area contributed by atoms with Crippen molar-refractivity contribution in [1.82, 2.24) is 10.6 Å². The van der Waals surface area contributed by atoms with Crippen molar-refractivity contribution >= 4 is 17.8 Å². The standard InChI is InChI=1S/C29H40N2O5/c32-20-28(14-6-7-15-28)30-25(33)19-23-12-4-5-13-24(18-22-10-2-1-3-11-22)27(35)36-21-29(31-26(23)34)16-8-9-17-29/h1-5,10-11,23-24,32H,6-9,12-21H2,(H,30,33)(H,31,34)/t23-,24+/m1/s1. The van der Waals surface area contributed by atoms with Gasteiger partial charge in [-0.15, -0.1) is 0 Å². The molecule has 2 saturated carbocycles. The Kier molecular flexibility index (Phi) is 8.83. The molecule has 7 nitrogen and oxygen atoms in total. The SMILES string of the molecule is O=C(C[C@H]1CC=CC[C@@H](Cc2ccccc2)C(=O)OCC2(CCCC2)NC1=O)NC1(CO)CCCC1. The molecule has 0 radical (unpaired) electrons. The molecule has 1 heterocycles. The van der Waals surface area contributed by atoms with Gasteiger partial charge in [0.15, 0.2) is 0 Å². The minimum absolute atomic E-state index is 0.0707. The highest BCUT2D eigenvalue weighted by Crippen LogP contribution is 2.32. The molecule has 2 aliphatic carbocycles. The Morgan fingerprint density at radius 2 is 1.61 bits per heavy atom. The number of aliphatic hydroxyl groups excluding tert-OH is 1. The first kappa shape index (κ1) is 26.4. The largest absolute Gasteiger partial charge is 0.463 e. The number of hydrogen-bond acceptors (Lipinski definition) is 5. The van der Waals surface area contributed by atoms with Gasteiger partial charge in [0, 0.05) is 6.42 Å². The Balaban J connectivity index is 1.49. The minimum atomic E-state index is -0.570. The topological polar surface area (TPSA) is 105 Å². The molecule has 2 atom stereocenters. The van der Waals surface area contributed by atoms with E-state index in [1.54, 1.807) is 0 Å². The highest BCUT2D eigenvalue weighted by Gasteiger charge is 2.40. The normalized spacial score (nSPS) is 26.0. The van der Waals surface area contributed by atoms with E-state index in [-0.39, 0.29) is 43.3 Å². The van der Waals surface area contributed by atoms with E-state index < -0.39 is 17.0 Å². The van der Waals surface area contributed by atoms with Crippen LogP contribution in [-0.4, -0.2) is 47.2 Å². The van der Waals surface area contributed by atoms with Crippen LogP contribution in [0.25, 0.3) is 0 Å². The van der Waals surface area contributed by atoms with E-state index in [2.05, 4.69) is 10.6 Å². The number of carbonyl (C=O) groups excluding carboxylic acids is 3. The number of carbonyl (C=O) groups is 3. The molecule has 3 N–H and O–H groups in total. The van der Waals surface area contributed by atoms with Gasteiger partial charge in [-0.2, -0.15) is 0 Å². The van der Waals surface area contributed by atoms with Crippen molar-refractivity contribution in [1.29, 1.82) is 0 Å². The summed E-state index contributed by atoms with van der Waals surface area (Å²) >= 11 is 0. The summed E-state index contributed by atoms with van der Waals surface area (Å²) < 4.78 is 5.82. The fourth-order valence-corrected chi connectivity index (χ4v) is 5.96. The number of aliphatic hydroxyl groups is 1. The Morgan fingerprint density at radius 3 is 2.28 bits per heavy atom. The zero-order chi connectivity index (χ0) is 25.4. The Hall–Kier alpha value is -2.67. The van der Waals surface area contributed by atoms with Gasteiger partial charge in [0.25, 0.3) is 0 Å². The summed E-state index contributed by atoms with van der Waals surface area (Å²) in [6.45, 7) is 0.0892. The van der Waals surface area contributed by atoms with Crippen molar-refractivity contribution in [2.45, 2.75) is 88.1 Å². The van der Waals surface area contributed by atoms with Crippen LogP contribution in [0.4, 0.5) is 0 Å². The number of amides is 2. The summed E-state index contributed by atoms with van der Waals surface area (Å²) in [5.74, 6) is -1.41. The zero-order valence-electron chi connectivity index (χ0n) is 21.2. The first-order valence-electron chi connectivity index (χ1n) is 13.5. The molecule has 0 bridgehead atoms. The van der Waals surface area contributed by atoms with Crippen molar-refractivity contribution in [3.63, 3.8) is 0 Å². The van der Waals surface area contributed by atoms with Gasteiger partial charge in [0.1, 0.15) is 6.61 Å². The van der Waals surface area contributed by atoms with Crippen LogP contribution < -0.4 is 10.6 Å². The summed E-state index contributed by atoms with van der Waals surface area (Å²) in [6.07, 6.45) is 12.4. The number of allylic oxidation sites excluding steroid dienone is 2. The lowest BCUT2D eigenvalue weighted by Crippen LogP contribution is -2.53. The third kappa shape index (κ3) is 6.75. The Morgan fingerprint density at radius 1 is 0.972 bits per heavy atom. The summed E-state index contributed by atoms with van der Waals surface area (Å²) in [4.78, 5) is 39.4. The highest BCUT2D eigenvalue weighted by molar-refractivity contribution is 5.86. The second-order valence-corrected chi connectivity index (χ2v) is 11.0. The van der Waals surface area contributed by atoms with Crippen LogP contribution in [0, 0.1) is 11.8 Å². The van der Waals surface area contributed by atoms with Crippen LogP contribution in [0.1, 0.15) is 76.2 Å². The number of hydrogen-bond donors (Lipinski definition) is 3. The number of rotatable bonds is 6. The van der Waals surface area contributed by atoms with Crippen molar-refractivity contribution in [3.05, 3.63) is 48.0 Å². The van der Waals surface area contributed by atoms with E-state index in [0.29, 0.717) is 19.3 Å². The predicted molar refractivity (Wildman–Crippen MR) is 137 cm³/mol. The molecule has 2 fully saturated rings. The molecule has 196 valence electrons. The van der Waals surface area contributed by atoms with Crippen LogP contribution >= 0.6 is 0 Å². The first-order valence-corrected chi connectivity index (χ1v) is 13.5. The molecule has 36 heavy (non-hydrogen) atoms. The van der Waals surface area contributed by atoms with Crippen molar-refractivity contribution in [2.24, 2.45) is 11.8 Å². The molecule has 4 rings (SSSR count). The summed E-state index contributed by atoms with van der Waals surface area (Å²) in [5.41, 5.74) is -0.0390. The van der Waals surface area contributed by atoms with Crippen LogP contribution in [0.2, 0.25) is 0 Å². The molecular formula is C29H40N2O5. The predicted octanol–water partition coefficient (Wildman–Crippen LogP) is 3.60. The number of benzene rings is 1. The Bertz CT molecular complexity index is 932. The van der Waals surface area contributed by atoms with Gasteiger partial charge in [-0.25, -0.2) is 0 Å². The molecule has 1 aromatic carbocycles. The number of ether oxygens (including phenoxy) is 1. The quantitative estimate of drug-likeness (QED) is 0.412. The maximum atomic E-state index is 13.4. The van der Waals surface area contributed by atoms with Crippen LogP contribution in [0.5, 0.6) is 0 Å². The van der Waals surface area contributed by atoms with Gasteiger partial charge in [0.05, 0.1) is 29.5 Å². The number of esters is 1. The zero-order valence-corrected chi connectivity index (χ0v) is 21.2. The summed E-state index contributed by atoms with van der Waals surface area (Å²) in [5, 5.41) is 16.1. The number of nitrogens with one attached hydrogen (secondary N) is 2. The molecule has 1 aliphatic heterocycles. The molecule has 1 aromatic rings. The summed E-state index contributed by atoms with van der Waals surface area (Å²) in [7, 11) is 0. The van der Waals surface area contributed by atoms with Crippen LogP contribution in [0.15, 0.2) is 42.5 Å². The van der Waals surface area contributed by atoms with Gasteiger partial charge in [-0.1, -0.05) is 68.2 Å². The Labute approximate surface area is 214 Å². The molecule has 0 unspecified atom stereocenters. The fraction of sp³-hybridized carbons (Fsp3) is 0.621. The van der Waals surface area contributed by atoms with Gasteiger partial charge in [-0.3, -0.25) is 14.4 Å². The monoisotopic (exact) mass is 496 g/mol. The molecule has 3 aliphatic rings. The summed E-state index contributed by atoms with van der Waals surface area (Å²) in [6, 6.07) is 9.93. The van der Waals surface area contributed by atoms with Gasteiger partial charge >= 0.3 is 5.97 Å². The lowest BCUT2D eigenvalue weighted by atomic mass is 9.91. The van der Waals surface area contributed by atoms with E-state index >= 15 is 0 Å². The van der Waals surface area contributed by atoms with Crippen LogP contribution in [0.3, 0.4) is 0 Å². The van der Waals surface area contributed by atoms with E-state index in [9.17, 15) is 19.5 Å². The lowest BCUT2D eigenvalue weighted by molar-refractivity contribution is -0.152. The average Bonchev–Trinajstić information content (AvgIpc) is 3.54. The highest BCUT2D eigenvalue weighted by atomic mass is 16.5. The van der Waals surface area contributed by atoms with E-state index in [1.807, 2.05) is 42.5 Å². The molecule has 2 amide bonds. The van der Waals surface area contributed by atoms with Gasteiger partial charge < -0.3 is 20.5 Å². The maximum absolute atomic E-state index is 13.4. The van der Waals surface area contributed by atoms with Crippen LogP contribution in [-0.2, 0) is 25.5 Å². The fourth-order valence-electron chi connectivity index (χ4n) is 5.96. The van der Waals surface area contributed by atoms with Crippen molar-refractivity contribution < 1.29 is 24.2 Å². The molecule has 1 spiro atoms. The van der Waals surface area contributed by atoms with Gasteiger partial charge in [-0.05, 0) is 50.5 Å². The average molecular weight is 497 g/mol. The maximum Gasteiger partial charge on any atom is 0.309 e. The second-order valence-electron chi connectivity index (χ2n) is 11.0. The third-order valence-corrected chi connectivity index (χ3v) is 8.18. The lowest BCUT2D eigenvalue weighted by Gasteiger charge is -2.33. The minimum Gasteiger partial charge on any atom is -0.463 e. The van der Waals surface area contributed by atoms with Crippen molar-refractivity contribution in [2.75, 3.05) is 13.2 Å².